The van der Waals surface area contributed by atoms with Crippen LogP contribution >= 0.6 is 0 Å². The van der Waals surface area contributed by atoms with Crippen LogP contribution in [0.3, 0.4) is 0 Å². The molecule has 174 valence electrons. The van der Waals surface area contributed by atoms with Gasteiger partial charge in [-0.2, -0.15) is 0 Å². The summed E-state index contributed by atoms with van der Waals surface area (Å²) in [5.74, 6) is -6.42. The second-order valence-electron chi connectivity index (χ2n) is 7.91. The van der Waals surface area contributed by atoms with E-state index in [1.54, 1.807) is 6.92 Å². The summed E-state index contributed by atoms with van der Waals surface area (Å²) < 4.78 is 85.9. The van der Waals surface area contributed by atoms with Gasteiger partial charge >= 0.3 is 0 Å². The molecule has 0 aromatic heterocycles. The van der Waals surface area contributed by atoms with E-state index in [2.05, 4.69) is 0 Å². The van der Waals surface area contributed by atoms with E-state index in [4.69, 9.17) is 9.47 Å². The molecule has 0 spiro atoms. The van der Waals surface area contributed by atoms with Crippen LogP contribution in [-0.2, 0) is 12.3 Å². The summed E-state index contributed by atoms with van der Waals surface area (Å²) in [6.07, 6.45) is 0.691. The molecule has 1 aliphatic carbocycles. The van der Waals surface area contributed by atoms with Crippen LogP contribution < -0.4 is 9.47 Å². The molecule has 3 aromatic carbocycles. The Bertz CT molecular complexity index is 1190. The number of halogens is 5. The van der Waals surface area contributed by atoms with Crippen LogP contribution in [0.15, 0.2) is 42.5 Å². The van der Waals surface area contributed by atoms with Gasteiger partial charge in [-0.25, -0.2) is 22.0 Å². The third-order valence-electron chi connectivity index (χ3n) is 5.70. The first-order valence-corrected chi connectivity index (χ1v) is 10.9. The summed E-state index contributed by atoms with van der Waals surface area (Å²) in [5, 5.41) is 0. The van der Waals surface area contributed by atoms with Gasteiger partial charge in [0, 0.05) is 29.2 Å². The van der Waals surface area contributed by atoms with Crippen LogP contribution in [0, 0.1) is 17.5 Å². The van der Waals surface area contributed by atoms with Gasteiger partial charge < -0.3 is 9.47 Å². The van der Waals surface area contributed by atoms with E-state index in [9.17, 15) is 8.78 Å². The predicted molar refractivity (Wildman–Crippen MR) is 116 cm³/mol. The first-order chi connectivity index (χ1) is 15.8. The lowest BCUT2D eigenvalue weighted by Crippen LogP contribution is -2.26. The van der Waals surface area contributed by atoms with Gasteiger partial charge in [0.2, 0.25) is 0 Å². The molecular formula is C26H23F5O2. The second kappa shape index (κ2) is 9.04. The Morgan fingerprint density at radius 3 is 2.21 bits per heavy atom. The van der Waals surface area contributed by atoms with Crippen molar-refractivity contribution in [2.45, 2.75) is 39.0 Å². The van der Waals surface area contributed by atoms with E-state index < -0.39 is 35.4 Å². The Labute approximate surface area is 189 Å². The van der Waals surface area contributed by atoms with Gasteiger partial charge in [0.15, 0.2) is 11.6 Å². The number of hydrogen-bond acceptors (Lipinski definition) is 2. The van der Waals surface area contributed by atoms with Crippen molar-refractivity contribution in [2.75, 3.05) is 13.2 Å². The normalized spacial score (nSPS) is 13.9. The molecule has 0 atom stereocenters. The average molecular weight is 462 g/mol. The van der Waals surface area contributed by atoms with Gasteiger partial charge in [-0.1, -0.05) is 31.5 Å². The van der Waals surface area contributed by atoms with Gasteiger partial charge in [0.1, 0.15) is 17.4 Å². The van der Waals surface area contributed by atoms with Crippen LogP contribution in [-0.4, -0.2) is 13.2 Å². The van der Waals surface area contributed by atoms with Gasteiger partial charge in [0.05, 0.1) is 18.8 Å². The SMILES string of the molecule is CCCCOc1ccc(-c2ccc3c(c2F)C(F)(F)Cc2c-3ccc(OCC)c2F)c(F)c1. The monoisotopic (exact) mass is 462 g/mol. The summed E-state index contributed by atoms with van der Waals surface area (Å²) in [6, 6.07) is 9.21. The molecule has 33 heavy (non-hydrogen) atoms. The Morgan fingerprint density at radius 2 is 1.52 bits per heavy atom. The zero-order valence-electron chi connectivity index (χ0n) is 18.3. The molecule has 0 saturated heterocycles. The zero-order valence-corrected chi connectivity index (χ0v) is 18.3. The fourth-order valence-corrected chi connectivity index (χ4v) is 4.11. The average Bonchev–Trinajstić information content (AvgIpc) is 2.77. The van der Waals surface area contributed by atoms with E-state index in [1.807, 2.05) is 6.92 Å². The van der Waals surface area contributed by atoms with Crippen LogP contribution in [0.2, 0.25) is 0 Å². The molecule has 4 rings (SSSR count). The van der Waals surface area contributed by atoms with Crippen LogP contribution in [0.4, 0.5) is 22.0 Å². The number of unbranched alkanes of at least 4 members (excludes halogenated alkanes) is 1. The summed E-state index contributed by atoms with van der Waals surface area (Å²) in [4.78, 5) is 0. The van der Waals surface area contributed by atoms with Gasteiger partial charge in [0.25, 0.3) is 5.92 Å². The Kier molecular flexibility index (Phi) is 6.32. The van der Waals surface area contributed by atoms with E-state index >= 15 is 13.2 Å². The minimum Gasteiger partial charge on any atom is -0.493 e. The Balaban J connectivity index is 1.79. The molecule has 7 heteroatoms. The summed E-state index contributed by atoms with van der Waals surface area (Å²) in [5.41, 5.74) is -1.49. The number of fused-ring (bicyclic) bond motifs is 3. The Morgan fingerprint density at radius 1 is 0.818 bits per heavy atom. The molecule has 0 unspecified atom stereocenters. The van der Waals surface area contributed by atoms with Crippen molar-refractivity contribution in [2.24, 2.45) is 0 Å². The van der Waals surface area contributed by atoms with Gasteiger partial charge in [-0.15, -0.1) is 0 Å². The van der Waals surface area contributed by atoms with Crippen molar-refractivity contribution in [3.8, 4) is 33.8 Å². The minimum absolute atomic E-state index is 0.121. The van der Waals surface area contributed by atoms with Crippen LogP contribution in [0.1, 0.15) is 37.8 Å². The van der Waals surface area contributed by atoms with Crippen LogP contribution in [0.25, 0.3) is 22.3 Å². The lowest BCUT2D eigenvalue weighted by atomic mass is 9.81. The van der Waals surface area contributed by atoms with E-state index in [-0.39, 0.29) is 45.9 Å². The largest absolute Gasteiger partial charge is 0.493 e. The standard InChI is InChI=1S/C26H23F5O2/c1-3-5-12-33-15-6-7-17(21(27)13-15)19-9-8-18-16-10-11-22(32-4-2)24(28)20(16)14-26(30,31)23(18)25(19)29/h6-11,13H,3-5,12,14H2,1-2H3. The van der Waals surface area contributed by atoms with Crippen molar-refractivity contribution >= 4 is 0 Å². The molecule has 0 bridgehead atoms. The Hall–Kier alpha value is -3.09. The molecular weight excluding hydrogens is 439 g/mol. The quantitative estimate of drug-likeness (QED) is 0.265. The molecule has 2 nitrogen and oxygen atoms in total. The molecule has 0 amide bonds. The van der Waals surface area contributed by atoms with E-state index in [0.717, 1.165) is 18.9 Å². The highest BCUT2D eigenvalue weighted by atomic mass is 19.3. The van der Waals surface area contributed by atoms with Crippen molar-refractivity contribution in [1.82, 2.24) is 0 Å². The fourth-order valence-electron chi connectivity index (χ4n) is 4.11. The zero-order chi connectivity index (χ0) is 23.8. The first-order valence-electron chi connectivity index (χ1n) is 10.9. The van der Waals surface area contributed by atoms with Crippen molar-refractivity contribution < 1.29 is 31.4 Å². The number of hydrogen-bond donors (Lipinski definition) is 0. The molecule has 0 saturated carbocycles. The summed E-state index contributed by atoms with van der Waals surface area (Å²) in [7, 11) is 0. The summed E-state index contributed by atoms with van der Waals surface area (Å²) >= 11 is 0. The third kappa shape index (κ3) is 4.16. The molecule has 0 aliphatic heterocycles. The summed E-state index contributed by atoms with van der Waals surface area (Å²) in [6.45, 7) is 4.24. The van der Waals surface area contributed by atoms with Gasteiger partial charge in [-0.05, 0) is 42.7 Å². The number of alkyl halides is 2. The smallest absolute Gasteiger partial charge is 0.280 e. The third-order valence-corrected chi connectivity index (χ3v) is 5.70. The number of ether oxygens (including phenoxy) is 2. The topological polar surface area (TPSA) is 18.5 Å². The highest BCUT2D eigenvalue weighted by Crippen LogP contribution is 2.50. The minimum atomic E-state index is -3.69. The highest BCUT2D eigenvalue weighted by molar-refractivity contribution is 5.80. The second-order valence-corrected chi connectivity index (χ2v) is 7.91. The van der Waals surface area contributed by atoms with Crippen molar-refractivity contribution in [3.63, 3.8) is 0 Å². The lowest BCUT2D eigenvalue weighted by Gasteiger charge is -2.29. The molecule has 0 heterocycles. The maximum atomic E-state index is 15.5. The van der Waals surface area contributed by atoms with E-state index in [0.29, 0.717) is 6.61 Å². The van der Waals surface area contributed by atoms with E-state index in [1.165, 1.54) is 36.4 Å². The van der Waals surface area contributed by atoms with Crippen LogP contribution in [0.5, 0.6) is 11.5 Å². The van der Waals surface area contributed by atoms with Gasteiger partial charge in [-0.3, -0.25) is 0 Å². The molecule has 1 aliphatic rings. The maximum Gasteiger partial charge on any atom is 0.280 e. The predicted octanol–water partition coefficient (Wildman–Crippen LogP) is 7.66. The number of rotatable bonds is 7. The fraction of sp³-hybridized carbons (Fsp3) is 0.308. The molecule has 0 radical (unpaired) electrons. The highest BCUT2D eigenvalue weighted by Gasteiger charge is 2.44. The lowest BCUT2D eigenvalue weighted by molar-refractivity contribution is -0.00912. The number of benzene rings is 3. The molecule has 0 N–H and O–H groups in total. The molecule has 3 aromatic rings. The first kappa shape index (κ1) is 23.1. The van der Waals surface area contributed by atoms with Crippen molar-refractivity contribution in [3.05, 3.63) is 71.0 Å². The maximum absolute atomic E-state index is 15.5. The van der Waals surface area contributed by atoms with Crippen molar-refractivity contribution in [1.29, 1.82) is 0 Å². The molecule has 0 fully saturated rings.